The summed E-state index contributed by atoms with van der Waals surface area (Å²) in [6.45, 7) is 3.97. The van der Waals surface area contributed by atoms with E-state index in [0.717, 1.165) is 11.8 Å². The Hall–Kier alpha value is -1.83. The van der Waals surface area contributed by atoms with Gasteiger partial charge in [0.25, 0.3) is 0 Å². The van der Waals surface area contributed by atoms with Crippen molar-refractivity contribution in [2.45, 2.75) is 25.0 Å². The quantitative estimate of drug-likeness (QED) is 0.833. The minimum Gasteiger partial charge on any atom is -0.481 e. The van der Waals surface area contributed by atoms with Gasteiger partial charge in [0.1, 0.15) is 6.33 Å². The van der Waals surface area contributed by atoms with Gasteiger partial charge in [0, 0.05) is 6.04 Å². The standard InChI is InChI=1S/C11H14N4O3S/c1-6(2)15-9-8(10(18-3)13-5-12-9)14-11(15)19-4-7(16)17/h5-6H,4H2,1-3H3,(H,16,17). The third-order valence-electron chi connectivity index (χ3n) is 2.45. The van der Waals surface area contributed by atoms with E-state index in [1.807, 2.05) is 18.4 Å². The third-order valence-corrected chi connectivity index (χ3v) is 3.38. The van der Waals surface area contributed by atoms with Crippen LogP contribution >= 0.6 is 11.8 Å². The molecule has 8 heteroatoms. The normalized spacial score (nSPS) is 11.2. The molecule has 0 bridgehead atoms. The molecule has 1 N–H and O–H groups in total. The highest BCUT2D eigenvalue weighted by Gasteiger charge is 2.19. The van der Waals surface area contributed by atoms with Crippen LogP contribution in [0.3, 0.4) is 0 Å². The summed E-state index contributed by atoms with van der Waals surface area (Å²) in [5, 5.41) is 9.37. The zero-order chi connectivity index (χ0) is 14.0. The van der Waals surface area contributed by atoms with Crippen molar-refractivity contribution in [2.75, 3.05) is 12.9 Å². The molecule has 0 aromatic carbocycles. The van der Waals surface area contributed by atoms with E-state index >= 15 is 0 Å². The number of imidazole rings is 1. The van der Waals surface area contributed by atoms with Gasteiger partial charge >= 0.3 is 5.97 Å². The molecule has 2 aromatic rings. The van der Waals surface area contributed by atoms with Gasteiger partial charge in [-0.2, -0.15) is 4.98 Å². The Balaban J connectivity index is 2.56. The van der Waals surface area contributed by atoms with Crippen LogP contribution in [0.25, 0.3) is 11.2 Å². The summed E-state index contributed by atoms with van der Waals surface area (Å²) in [6, 6.07) is 0.112. The molecule has 0 radical (unpaired) electrons. The Labute approximate surface area is 114 Å². The molecule has 0 amide bonds. The van der Waals surface area contributed by atoms with E-state index in [4.69, 9.17) is 9.84 Å². The second kappa shape index (κ2) is 5.43. The van der Waals surface area contributed by atoms with Crippen molar-refractivity contribution >= 4 is 28.9 Å². The molecule has 19 heavy (non-hydrogen) atoms. The molecule has 102 valence electrons. The first-order valence-corrected chi connectivity index (χ1v) is 6.64. The first-order chi connectivity index (χ1) is 9.04. The van der Waals surface area contributed by atoms with Crippen molar-refractivity contribution in [1.82, 2.24) is 19.5 Å². The lowest BCUT2D eigenvalue weighted by Gasteiger charge is -2.10. The van der Waals surface area contributed by atoms with Crippen LogP contribution in [-0.2, 0) is 4.79 Å². The van der Waals surface area contributed by atoms with Crippen LogP contribution < -0.4 is 4.74 Å². The van der Waals surface area contributed by atoms with E-state index in [1.54, 1.807) is 0 Å². The second-order valence-electron chi connectivity index (χ2n) is 4.10. The average molecular weight is 282 g/mol. The van der Waals surface area contributed by atoms with Crippen LogP contribution in [0.5, 0.6) is 5.88 Å². The lowest BCUT2D eigenvalue weighted by atomic mass is 10.4. The molecule has 0 aliphatic carbocycles. The van der Waals surface area contributed by atoms with Crippen LogP contribution in [0.15, 0.2) is 11.5 Å². The maximum absolute atomic E-state index is 10.7. The Bertz CT molecular complexity index is 611. The number of ether oxygens (including phenoxy) is 1. The van der Waals surface area contributed by atoms with E-state index in [2.05, 4.69) is 15.0 Å². The van der Waals surface area contributed by atoms with Crippen molar-refractivity contribution in [3.05, 3.63) is 6.33 Å². The van der Waals surface area contributed by atoms with Crippen molar-refractivity contribution in [3.63, 3.8) is 0 Å². The summed E-state index contributed by atoms with van der Waals surface area (Å²) in [4.78, 5) is 23.3. The number of thioether (sulfide) groups is 1. The van der Waals surface area contributed by atoms with Gasteiger partial charge in [-0.15, -0.1) is 0 Å². The highest BCUT2D eigenvalue weighted by atomic mass is 32.2. The fourth-order valence-electron chi connectivity index (χ4n) is 1.71. The minimum absolute atomic E-state index is 0.0498. The van der Waals surface area contributed by atoms with Crippen molar-refractivity contribution in [3.8, 4) is 5.88 Å². The monoisotopic (exact) mass is 282 g/mol. The van der Waals surface area contributed by atoms with Gasteiger partial charge in [-0.1, -0.05) is 11.8 Å². The SMILES string of the molecule is COc1ncnc2c1nc(SCC(=O)O)n2C(C)C. The summed E-state index contributed by atoms with van der Waals surface area (Å²) in [6.07, 6.45) is 1.41. The maximum atomic E-state index is 10.7. The van der Waals surface area contributed by atoms with Gasteiger partial charge < -0.3 is 14.4 Å². The number of hydrogen-bond acceptors (Lipinski definition) is 6. The molecule has 0 saturated heterocycles. The average Bonchev–Trinajstić information content (AvgIpc) is 2.74. The summed E-state index contributed by atoms with van der Waals surface area (Å²) in [5.74, 6) is -0.543. The van der Waals surface area contributed by atoms with Gasteiger partial charge in [0.05, 0.1) is 12.9 Å². The zero-order valence-electron chi connectivity index (χ0n) is 10.8. The Morgan fingerprint density at radius 1 is 1.53 bits per heavy atom. The lowest BCUT2D eigenvalue weighted by molar-refractivity contribution is -0.133. The summed E-state index contributed by atoms with van der Waals surface area (Å²) in [5.41, 5.74) is 1.20. The van der Waals surface area contributed by atoms with E-state index in [0.29, 0.717) is 22.2 Å². The van der Waals surface area contributed by atoms with Crippen molar-refractivity contribution < 1.29 is 14.6 Å². The smallest absolute Gasteiger partial charge is 0.313 e. The fourth-order valence-corrected chi connectivity index (χ4v) is 2.56. The largest absolute Gasteiger partial charge is 0.481 e. The topological polar surface area (TPSA) is 90.1 Å². The van der Waals surface area contributed by atoms with E-state index in [1.165, 1.54) is 13.4 Å². The van der Waals surface area contributed by atoms with Crippen molar-refractivity contribution in [2.24, 2.45) is 0 Å². The summed E-state index contributed by atoms with van der Waals surface area (Å²) >= 11 is 1.16. The van der Waals surface area contributed by atoms with E-state index < -0.39 is 5.97 Å². The summed E-state index contributed by atoms with van der Waals surface area (Å²) < 4.78 is 7.03. The molecule has 0 saturated carbocycles. The highest BCUT2D eigenvalue weighted by molar-refractivity contribution is 7.99. The Kier molecular flexibility index (Phi) is 3.89. The first kappa shape index (κ1) is 13.6. The number of aromatic nitrogens is 4. The molecule has 0 atom stereocenters. The number of aliphatic carboxylic acids is 1. The molecular weight excluding hydrogens is 268 g/mol. The molecule has 0 spiro atoms. The van der Waals surface area contributed by atoms with Crippen LogP contribution in [0, 0.1) is 0 Å². The second-order valence-corrected chi connectivity index (χ2v) is 5.04. The molecular formula is C11H14N4O3S. The number of rotatable bonds is 5. The Morgan fingerprint density at radius 3 is 2.84 bits per heavy atom. The number of methoxy groups -OCH3 is 1. The van der Waals surface area contributed by atoms with Gasteiger partial charge in [-0.25, -0.2) is 9.97 Å². The number of carbonyl (C=O) groups is 1. The molecule has 0 aliphatic heterocycles. The Morgan fingerprint density at radius 2 is 2.26 bits per heavy atom. The predicted molar refractivity (Wildman–Crippen MR) is 70.6 cm³/mol. The van der Waals surface area contributed by atoms with Crippen LogP contribution in [-0.4, -0.2) is 43.5 Å². The molecule has 2 rings (SSSR count). The number of carboxylic acid groups (broad SMARTS) is 1. The molecule has 2 aromatic heterocycles. The van der Waals surface area contributed by atoms with Gasteiger partial charge in [0.2, 0.25) is 5.88 Å². The molecule has 0 aliphatic rings. The van der Waals surface area contributed by atoms with E-state index in [9.17, 15) is 4.79 Å². The number of nitrogens with zero attached hydrogens (tertiary/aromatic N) is 4. The minimum atomic E-state index is -0.884. The fraction of sp³-hybridized carbons (Fsp3) is 0.455. The zero-order valence-corrected chi connectivity index (χ0v) is 11.6. The van der Waals surface area contributed by atoms with Crippen molar-refractivity contribution in [1.29, 1.82) is 0 Å². The van der Waals surface area contributed by atoms with Crippen LogP contribution in [0.4, 0.5) is 0 Å². The van der Waals surface area contributed by atoms with Gasteiger partial charge in [0.15, 0.2) is 16.3 Å². The van der Waals surface area contributed by atoms with E-state index in [-0.39, 0.29) is 11.8 Å². The number of hydrogen-bond donors (Lipinski definition) is 1. The molecule has 0 unspecified atom stereocenters. The first-order valence-electron chi connectivity index (χ1n) is 5.66. The third kappa shape index (κ3) is 2.62. The number of fused-ring (bicyclic) bond motifs is 1. The molecule has 7 nitrogen and oxygen atoms in total. The number of carboxylic acids is 1. The molecule has 2 heterocycles. The summed E-state index contributed by atoms with van der Waals surface area (Å²) in [7, 11) is 1.51. The highest BCUT2D eigenvalue weighted by Crippen LogP contribution is 2.29. The van der Waals surface area contributed by atoms with Gasteiger partial charge in [-0.05, 0) is 13.8 Å². The van der Waals surface area contributed by atoms with Crippen LogP contribution in [0.2, 0.25) is 0 Å². The molecule has 0 fully saturated rings. The van der Waals surface area contributed by atoms with Crippen LogP contribution in [0.1, 0.15) is 19.9 Å². The predicted octanol–water partition coefficient (Wildman–Crippen LogP) is 1.59. The maximum Gasteiger partial charge on any atom is 0.313 e. The van der Waals surface area contributed by atoms with Gasteiger partial charge in [-0.3, -0.25) is 4.79 Å². The lowest BCUT2D eigenvalue weighted by Crippen LogP contribution is -2.06.